The van der Waals surface area contributed by atoms with E-state index in [4.69, 9.17) is 4.74 Å². The lowest BCUT2D eigenvalue weighted by atomic mass is 9.95. The van der Waals surface area contributed by atoms with Crippen molar-refractivity contribution in [2.24, 2.45) is 5.92 Å². The molecule has 5 heteroatoms. The highest BCUT2D eigenvalue weighted by Gasteiger charge is 2.25. The Hall–Kier alpha value is -2.04. The molecule has 1 N–H and O–H groups in total. The molecule has 1 aromatic rings. The van der Waals surface area contributed by atoms with E-state index in [9.17, 15) is 9.59 Å². The molecule has 2 rings (SSSR count). The first-order chi connectivity index (χ1) is 11.4. The number of amides is 2. The lowest BCUT2D eigenvalue weighted by Gasteiger charge is -2.30. The number of ether oxygens (including phenoxy) is 1. The van der Waals surface area contributed by atoms with Crippen molar-refractivity contribution in [2.75, 3.05) is 26.7 Å². The first-order valence-corrected chi connectivity index (χ1v) is 8.60. The highest BCUT2D eigenvalue weighted by atomic mass is 16.5. The van der Waals surface area contributed by atoms with Gasteiger partial charge in [-0.3, -0.25) is 9.59 Å². The maximum Gasteiger partial charge on any atom is 0.223 e. The maximum absolute atomic E-state index is 12.3. The monoisotopic (exact) mass is 332 g/mol. The molecule has 0 radical (unpaired) electrons. The summed E-state index contributed by atoms with van der Waals surface area (Å²) in [7, 11) is 1.68. The van der Waals surface area contributed by atoms with Gasteiger partial charge in [0, 0.05) is 32.5 Å². The molecular formula is C19H28N2O3. The number of hydrogen-bond acceptors (Lipinski definition) is 3. The molecule has 0 aliphatic carbocycles. The van der Waals surface area contributed by atoms with Gasteiger partial charge < -0.3 is 15.0 Å². The highest BCUT2D eigenvalue weighted by Crippen LogP contribution is 2.24. The summed E-state index contributed by atoms with van der Waals surface area (Å²) in [6.45, 7) is 7.73. The lowest BCUT2D eigenvalue weighted by Crippen LogP contribution is -2.42. The second-order valence-corrected chi connectivity index (χ2v) is 6.50. The molecule has 0 aromatic heterocycles. The molecular weight excluding hydrogens is 304 g/mol. The molecule has 1 saturated heterocycles. The number of methoxy groups -OCH3 is 1. The summed E-state index contributed by atoms with van der Waals surface area (Å²) in [5.74, 6) is 1.14. The zero-order chi connectivity index (χ0) is 17.7. The molecule has 1 aliphatic rings. The van der Waals surface area contributed by atoms with E-state index >= 15 is 0 Å². The fraction of sp³-hybridized carbons (Fsp3) is 0.579. The molecule has 1 fully saturated rings. The normalized spacial score (nSPS) is 15.2. The highest BCUT2D eigenvalue weighted by molar-refractivity contribution is 5.79. The van der Waals surface area contributed by atoms with Crippen LogP contribution in [0.4, 0.5) is 0 Å². The molecule has 0 unspecified atom stereocenters. The van der Waals surface area contributed by atoms with Crippen molar-refractivity contribution in [3.05, 3.63) is 28.8 Å². The third kappa shape index (κ3) is 4.28. The molecule has 0 spiro atoms. The molecule has 24 heavy (non-hydrogen) atoms. The van der Waals surface area contributed by atoms with Crippen LogP contribution < -0.4 is 10.1 Å². The Bertz CT molecular complexity index is 605. The second kappa shape index (κ2) is 8.18. The molecule has 1 aliphatic heterocycles. The summed E-state index contributed by atoms with van der Waals surface area (Å²) in [5.41, 5.74) is 3.61. The van der Waals surface area contributed by atoms with E-state index in [0.717, 1.165) is 30.6 Å². The number of hydrogen-bond donors (Lipinski definition) is 1. The lowest BCUT2D eigenvalue weighted by molar-refractivity contribution is -0.133. The minimum Gasteiger partial charge on any atom is -0.496 e. The molecule has 0 atom stereocenters. The van der Waals surface area contributed by atoms with Crippen LogP contribution in [0, 0.1) is 19.8 Å². The minimum absolute atomic E-state index is 0.0271. The molecule has 0 saturated carbocycles. The van der Waals surface area contributed by atoms with E-state index in [0.29, 0.717) is 19.6 Å². The standard InChI is InChI=1S/C19H28N2O3/c1-13-14(2)18(24-4)6-5-16(13)7-10-20-19(23)17-8-11-21(12-9-17)15(3)22/h5-6,17H,7-12H2,1-4H3,(H,20,23). The van der Waals surface area contributed by atoms with Gasteiger partial charge >= 0.3 is 0 Å². The van der Waals surface area contributed by atoms with E-state index < -0.39 is 0 Å². The van der Waals surface area contributed by atoms with Gasteiger partial charge in [-0.25, -0.2) is 0 Å². The predicted molar refractivity (Wildman–Crippen MR) is 94.2 cm³/mol. The van der Waals surface area contributed by atoms with Crippen LogP contribution in [-0.4, -0.2) is 43.5 Å². The summed E-state index contributed by atoms with van der Waals surface area (Å²) in [6.07, 6.45) is 2.33. The number of nitrogens with zero attached hydrogens (tertiary/aromatic N) is 1. The van der Waals surface area contributed by atoms with Gasteiger partial charge in [0.1, 0.15) is 5.75 Å². The van der Waals surface area contributed by atoms with Crippen molar-refractivity contribution in [3.63, 3.8) is 0 Å². The quantitative estimate of drug-likeness (QED) is 0.899. The van der Waals surface area contributed by atoms with Gasteiger partial charge in [-0.15, -0.1) is 0 Å². The van der Waals surface area contributed by atoms with Crippen LogP contribution in [0.3, 0.4) is 0 Å². The third-order valence-electron chi connectivity index (χ3n) is 5.07. The molecule has 0 bridgehead atoms. The third-order valence-corrected chi connectivity index (χ3v) is 5.07. The van der Waals surface area contributed by atoms with E-state index in [2.05, 4.69) is 25.2 Å². The van der Waals surface area contributed by atoms with Gasteiger partial charge in [-0.1, -0.05) is 6.07 Å². The van der Waals surface area contributed by atoms with E-state index in [-0.39, 0.29) is 17.7 Å². The van der Waals surface area contributed by atoms with Crippen molar-refractivity contribution in [1.82, 2.24) is 10.2 Å². The Morgan fingerprint density at radius 2 is 1.88 bits per heavy atom. The molecule has 5 nitrogen and oxygen atoms in total. The van der Waals surface area contributed by atoms with Crippen molar-refractivity contribution < 1.29 is 14.3 Å². The molecule has 1 aromatic carbocycles. The van der Waals surface area contributed by atoms with Crippen LogP contribution in [0.2, 0.25) is 0 Å². The zero-order valence-corrected chi connectivity index (χ0v) is 15.1. The topological polar surface area (TPSA) is 58.6 Å². The van der Waals surface area contributed by atoms with Crippen LogP contribution in [0.15, 0.2) is 12.1 Å². The Morgan fingerprint density at radius 1 is 1.21 bits per heavy atom. The molecule has 2 amide bonds. The van der Waals surface area contributed by atoms with Crippen LogP contribution in [0.1, 0.15) is 36.5 Å². The number of rotatable bonds is 5. The van der Waals surface area contributed by atoms with E-state index in [1.807, 2.05) is 11.0 Å². The Kier molecular flexibility index (Phi) is 6.23. The number of likely N-dealkylation sites (tertiary alicyclic amines) is 1. The molecule has 1 heterocycles. The number of carbonyl (C=O) groups is 2. The summed E-state index contributed by atoms with van der Waals surface area (Å²) in [5, 5.41) is 3.05. The fourth-order valence-corrected chi connectivity index (χ4v) is 3.27. The first kappa shape index (κ1) is 18.3. The zero-order valence-electron chi connectivity index (χ0n) is 15.1. The van der Waals surface area contributed by atoms with Gasteiger partial charge in [0.05, 0.1) is 7.11 Å². The van der Waals surface area contributed by atoms with E-state index in [1.165, 1.54) is 11.1 Å². The first-order valence-electron chi connectivity index (χ1n) is 8.60. The number of piperidine rings is 1. The van der Waals surface area contributed by atoms with Gasteiger partial charge in [0.25, 0.3) is 0 Å². The van der Waals surface area contributed by atoms with E-state index in [1.54, 1.807) is 14.0 Å². The van der Waals surface area contributed by atoms with Crippen LogP contribution >= 0.6 is 0 Å². The predicted octanol–water partition coefficient (Wildman–Crippen LogP) is 2.23. The molecule has 132 valence electrons. The Labute approximate surface area is 144 Å². The van der Waals surface area contributed by atoms with Crippen molar-refractivity contribution in [2.45, 2.75) is 40.0 Å². The Balaban J connectivity index is 1.81. The number of carbonyl (C=O) groups excluding carboxylic acids is 2. The largest absolute Gasteiger partial charge is 0.496 e. The average Bonchev–Trinajstić information content (AvgIpc) is 2.58. The van der Waals surface area contributed by atoms with Crippen molar-refractivity contribution in [1.29, 1.82) is 0 Å². The van der Waals surface area contributed by atoms with Gasteiger partial charge in [0.2, 0.25) is 11.8 Å². The average molecular weight is 332 g/mol. The summed E-state index contributed by atoms with van der Waals surface area (Å²) >= 11 is 0. The smallest absolute Gasteiger partial charge is 0.223 e. The van der Waals surface area contributed by atoms with Crippen LogP contribution in [0.25, 0.3) is 0 Å². The second-order valence-electron chi connectivity index (χ2n) is 6.50. The Morgan fingerprint density at radius 3 is 2.46 bits per heavy atom. The summed E-state index contributed by atoms with van der Waals surface area (Å²) in [4.78, 5) is 25.4. The fourth-order valence-electron chi connectivity index (χ4n) is 3.27. The number of benzene rings is 1. The van der Waals surface area contributed by atoms with Crippen LogP contribution in [-0.2, 0) is 16.0 Å². The van der Waals surface area contributed by atoms with Crippen molar-refractivity contribution >= 4 is 11.8 Å². The summed E-state index contributed by atoms with van der Waals surface area (Å²) < 4.78 is 5.33. The SMILES string of the molecule is COc1ccc(CCNC(=O)C2CCN(C(C)=O)CC2)c(C)c1C. The van der Waals surface area contributed by atoms with Gasteiger partial charge in [-0.05, 0) is 55.9 Å². The summed E-state index contributed by atoms with van der Waals surface area (Å²) in [6, 6.07) is 4.05. The van der Waals surface area contributed by atoms with Gasteiger partial charge in [-0.2, -0.15) is 0 Å². The van der Waals surface area contributed by atoms with Crippen LogP contribution in [0.5, 0.6) is 5.75 Å². The number of nitrogens with one attached hydrogen (secondary N) is 1. The van der Waals surface area contributed by atoms with Crippen molar-refractivity contribution in [3.8, 4) is 5.75 Å². The maximum atomic E-state index is 12.3. The van der Waals surface area contributed by atoms with Gasteiger partial charge in [0.15, 0.2) is 0 Å². The minimum atomic E-state index is 0.0271.